The van der Waals surface area contributed by atoms with Gasteiger partial charge in [-0.2, -0.15) is 0 Å². The van der Waals surface area contributed by atoms with Crippen LogP contribution in [-0.2, 0) is 0 Å². The van der Waals surface area contributed by atoms with E-state index in [1.165, 1.54) is 30.5 Å². The summed E-state index contributed by atoms with van der Waals surface area (Å²) in [7, 11) is 0. The molecule has 0 unspecified atom stereocenters. The number of hydrogen-bond acceptors (Lipinski definition) is 3. The first-order valence-electron chi connectivity index (χ1n) is 5.15. The molecule has 3 N–H and O–H groups in total. The van der Waals surface area contributed by atoms with E-state index < -0.39 is 5.91 Å². The number of nitrogens with one attached hydrogen (secondary N) is 1. The van der Waals surface area contributed by atoms with Crippen LogP contribution < -0.4 is 11.1 Å². The number of anilines is 2. The Morgan fingerprint density at radius 3 is 2.84 bits per heavy atom. The van der Waals surface area contributed by atoms with Gasteiger partial charge in [-0.15, -0.1) is 0 Å². The molecule has 98 valence electrons. The zero-order chi connectivity index (χ0) is 14.0. The summed E-state index contributed by atoms with van der Waals surface area (Å²) in [4.78, 5) is 15.8. The third kappa shape index (κ3) is 3.32. The number of hydrogen-bond donors (Lipinski definition) is 2. The Kier molecular flexibility index (Phi) is 4.20. The molecule has 2 rings (SSSR count). The van der Waals surface area contributed by atoms with Gasteiger partial charge in [0.25, 0.3) is 5.91 Å². The van der Waals surface area contributed by atoms with Crippen LogP contribution in [0.25, 0.3) is 0 Å². The standard InChI is InChI=1S/C12H8ClFIN3O/c13-8-5-17-11(16)4-7(8)12(19)18-10-2-1-6(14)3-9(10)15/h1-5H,(H2,16,17)(H,18,19). The predicted molar refractivity (Wildman–Crippen MR) is 80.7 cm³/mol. The van der Waals surface area contributed by atoms with Crippen LogP contribution in [0.4, 0.5) is 15.9 Å². The molecular weight excluding hydrogens is 384 g/mol. The molecule has 0 atom stereocenters. The van der Waals surface area contributed by atoms with Gasteiger partial charge >= 0.3 is 0 Å². The van der Waals surface area contributed by atoms with E-state index >= 15 is 0 Å². The number of carbonyl (C=O) groups is 1. The van der Waals surface area contributed by atoms with E-state index in [1.54, 1.807) is 0 Å². The number of pyridine rings is 1. The minimum atomic E-state index is -0.427. The minimum Gasteiger partial charge on any atom is -0.384 e. The van der Waals surface area contributed by atoms with Crippen LogP contribution in [0.1, 0.15) is 10.4 Å². The van der Waals surface area contributed by atoms with Crippen LogP contribution >= 0.6 is 34.2 Å². The zero-order valence-electron chi connectivity index (χ0n) is 9.45. The zero-order valence-corrected chi connectivity index (χ0v) is 12.4. The molecule has 1 amide bonds. The van der Waals surface area contributed by atoms with Crippen molar-refractivity contribution in [3.05, 3.63) is 50.4 Å². The highest BCUT2D eigenvalue weighted by Crippen LogP contribution is 2.22. The average Bonchev–Trinajstić information content (AvgIpc) is 2.35. The quantitative estimate of drug-likeness (QED) is 0.772. The number of amides is 1. The van der Waals surface area contributed by atoms with Crippen molar-refractivity contribution in [3.8, 4) is 0 Å². The number of nitrogens with zero attached hydrogens (tertiary/aromatic N) is 1. The summed E-state index contributed by atoms with van der Waals surface area (Å²) >= 11 is 7.81. The van der Waals surface area contributed by atoms with E-state index in [1.807, 2.05) is 22.6 Å². The number of carbonyl (C=O) groups excluding carboxylic acids is 1. The van der Waals surface area contributed by atoms with Crippen molar-refractivity contribution < 1.29 is 9.18 Å². The van der Waals surface area contributed by atoms with Gasteiger partial charge in [-0.05, 0) is 46.9 Å². The van der Waals surface area contributed by atoms with Gasteiger partial charge in [0.1, 0.15) is 11.6 Å². The lowest BCUT2D eigenvalue weighted by Gasteiger charge is -2.09. The Balaban J connectivity index is 2.28. The van der Waals surface area contributed by atoms with E-state index in [9.17, 15) is 9.18 Å². The molecule has 0 spiro atoms. The lowest BCUT2D eigenvalue weighted by atomic mass is 10.2. The van der Waals surface area contributed by atoms with Crippen molar-refractivity contribution in [2.24, 2.45) is 0 Å². The van der Waals surface area contributed by atoms with Crippen molar-refractivity contribution in [1.82, 2.24) is 4.98 Å². The SMILES string of the molecule is Nc1cc(C(=O)Nc2ccc(F)cc2I)c(Cl)cn1. The van der Waals surface area contributed by atoms with E-state index in [4.69, 9.17) is 17.3 Å². The molecule has 0 aliphatic heterocycles. The molecule has 0 aliphatic rings. The van der Waals surface area contributed by atoms with Crippen LogP contribution in [0.5, 0.6) is 0 Å². The Hall–Kier alpha value is -1.41. The fraction of sp³-hybridized carbons (Fsp3) is 0. The lowest BCUT2D eigenvalue weighted by molar-refractivity contribution is 0.102. The van der Waals surface area contributed by atoms with Crippen molar-refractivity contribution >= 4 is 51.6 Å². The van der Waals surface area contributed by atoms with E-state index in [0.29, 0.717) is 9.26 Å². The maximum absolute atomic E-state index is 13.0. The van der Waals surface area contributed by atoms with Crippen LogP contribution in [-0.4, -0.2) is 10.9 Å². The Morgan fingerprint density at radius 1 is 1.42 bits per heavy atom. The molecule has 0 bridgehead atoms. The van der Waals surface area contributed by atoms with Gasteiger partial charge in [-0.3, -0.25) is 4.79 Å². The molecule has 0 fully saturated rings. The number of rotatable bonds is 2. The fourth-order valence-corrected chi connectivity index (χ4v) is 2.21. The van der Waals surface area contributed by atoms with Gasteiger partial charge in [0.15, 0.2) is 0 Å². The predicted octanol–water partition coefficient (Wildman–Crippen LogP) is 3.31. The molecule has 0 radical (unpaired) electrons. The molecule has 0 aliphatic carbocycles. The van der Waals surface area contributed by atoms with Crippen LogP contribution in [0.3, 0.4) is 0 Å². The minimum absolute atomic E-state index is 0.198. The second kappa shape index (κ2) is 5.70. The lowest BCUT2D eigenvalue weighted by Crippen LogP contribution is -2.14. The van der Waals surface area contributed by atoms with Gasteiger partial charge in [0.05, 0.1) is 16.3 Å². The summed E-state index contributed by atoms with van der Waals surface area (Å²) in [6.45, 7) is 0. The highest BCUT2D eigenvalue weighted by atomic mass is 127. The maximum atomic E-state index is 13.0. The summed E-state index contributed by atoms with van der Waals surface area (Å²) in [6.07, 6.45) is 1.31. The molecular formula is C12H8ClFIN3O. The summed E-state index contributed by atoms with van der Waals surface area (Å²) in [5.41, 5.74) is 6.22. The van der Waals surface area contributed by atoms with Crippen molar-refractivity contribution in [2.75, 3.05) is 11.1 Å². The molecule has 0 saturated heterocycles. The second-order valence-corrected chi connectivity index (χ2v) is 5.24. The Morgan fingerprint density at radius 2 is 2.16 bits per heavy atom. The number of nitrogen functional groups attached to an aromatic ring is 1. The van der Waals surface area contributed by atoms with Gasteiger partial charge in [0, 0.05) is 9.77 Å². The molecule has 0 saturated carbocycles. The molecule has 4 nitrogen and oxygen atoms in total. The van der Waals surface area contributed by atoms with Crippen LogP contribution in [0.2, 0.25) is 5.02 Å². The number of halogens is 3. The summed E-state index contributed by atoms with van der Waals surface area (Å²) in [5.74, 6) is -0.597. The van der Waals surface area contributed by atoms with Crippen LogP contribution in [0.15, 0.2) is 30.5 Å². The van der Waals surface area contributed by atoms with E-state index in [2.05, 4.69) is 10.3 Å². The second-order valence-electron chi connectivity index (χ2n) is 3.67. The highest BCUT2D eigenvalue weighted by molar-refractivity contribution is 14.1. The molecule has 1 aromatic carbocycles. The van der Waals surface area contributed by atoms with Gasteiger partial charge in [0.2, 0.25) is 0 Å². The van der Waals surface area contributed by atoms with Gasteiger partial charge < -0.3 is 11.1 Å². The molecule has 1 aromatic heterocycles. The average molecular weight is 392 g/mol. The first kappa shape index (κ1) is 14.0. The first-order chi connectivity index (χ1) is 8.97. The molecule has 19 heavy (non-hydrogen) atoms. The first-order valence-corrected chi connectivity index (χ1v) is 6.60. The normalized spacial score (nSPS) is 10.3. The molecule has 1 heterocycles. The fourth-order valence-electron chi connectivity index (χ4n) is 1.41. The summed E-state index contributed by atoms with van der Waals surface area (Å²) in [5, 5.41) is 2.84. The van der Waals surface area contributed by atoms with E-state index in [-0.39, 0.29) is 22.2 Å². The van der Waals surface area contributed by atoms with Crippen molar-refractivity contribution in [1.29, 1.82) is 0 Å². The third-order valence-electron chi connectivity index (χ3n) is 2.30. The maximum Gasteiger partial charge on any atom is 0.257 e. The number of aromatic nitrogens is 1. The summed E-state index contributed by atoms with van der Waals surface area (Å²) in [6, 6.07) is 5.44. The molecule has 7 heteroatoms. The number of nitrogens with two attached hydrogens (primary N) is 1. The molecule has 2 aromatic rings. The van der Waals surface area contributed by atoms with Crippen molar-refractivity contribution in [3.63, 3.8) is 0 Å². The third-order valence-corrected chi connectivity index (χ3v) is 3.49. The number of benzene rings is 1. The smallest absolute Gasteiger partial charge is 0.257 e. The van der Waals surface area contributed by atoms with Crippen molar-refractivity contribution in [2.45, 2.75) is 0 Å². The Bertz CT molecular complexity index is 651. The van der Waals surface area contributed by atoms with E-state index in [0.717, 1.165) is 0 Å². The van der Waals surface area contributed by atoms with Crippen LogP contribution in [0, 0.1) is 9.39 Å². The monoisotopic (exact) mass is 391 g/mol. The Labute approximate surface area is 127 Å². The topological polar surface area (TPSA) is 68.0 Å². The highest BCUT2D eigenvalue weighted by Gasteiger charge is 2.13. The largest absolute Gasteiger partial charge is 0.384 e. The van der Waals surface area contributed by atoms with Gasteiger partial charge in [-0.1, -0.05) is 11.6 Å². The summed E-state index contributed by atoms with van der Waals surface area (Å²) < 4.78 is 13.5. The van der Waals surface area contributed by atoms with Gasteiger partial charge in [-0.25, -0.2) is 9.37 Å².